The van der Waals surface area contributed by atoms with E-state index in [-0.39, 0.29) is 5.91 Å². The van der Waals surface area contributed by atoms with Crippen molar-refractivity contribution in [2.75, 3.05) is 10.6 Å². The Morgan fingerprint density at radius 3 is 2.12 bits per heavy atom. The Hall–Kier alpha value is -1.95. The summed E-state index contributed by atoms with van der Waals surface area (Å²) in [5.41, 5.74) is 2.52. The molecule has 0 saturated heterocycles. The fourth-order valence-corrected chi connectivity index (χ4v) is 4.50. The molecule has 2 amide bonds. The summed E-state index contributed by atoms with van der Waals surface area (Å²) in [5.74, 6) is -1.80. The van der Waals surface area contributed by atoms with E-state index in [0.29, 0.717) is 37.6 Å². The maximum absolute atomic E-state index is 13.2. The van der Waals surface area contributed by atoms with Crippen LogP contribution in [0.2, 0.25) is 15.1 Å². The van der Waals surface area contributed by atoms with Crippen LogP contribution in [0.3, 0.4) is 0 Å². The van der Waals surface area contributed by atoms with E-state index < -0.39 is 16.2 Å². The Morgan fingerprint density at radius 2 is 1.52 bits per heavy atom. The SMILES string of the molecule is Cc1ccccc1C(=O)Nc1cc(NC(=O)C(c2cc(Cl)cc(Cl)c2)C(C)(Cl)Cl)ccc1Cl. The molecular weight excluding hydrogens is 526 g/mol. The Bertz CT molecular complexity index is 1190. The predicted molar refractivity (Wildman–Crippen MR) is 139 cm³/mol. The Balaban J connectivity index is 1.87. The Labute approximate surface area is 217 Å². The van der Waals surface area contributed by atoms with E-state index in [2.05, 4.69) is 10.6 Å². The third-order valence-electron chi connectivity index (χ3n) is 4.86. The van der Waals surface area contributed by atoms with Gasteiger partial charge < -0.3 is 10.6 Å². The number of amides is 2. The van der Waals surface area contributed by atoms with Gasteiger partial charge in [-0.2, -0.15) is 0 Å². The molecule has 3 aromatic rings. The molecule has 0 aliphatic carbocycles. The molecule has 0 bridgehead atoms. The summed E-state index contributed by atoms with van der Waals surface area (Å²) >= 11 is 31.2. The molecule has 0 radical (unpaired) electrons. The van der Waals surface area contributed by atoms with E-state index in [4.69, 9.17) is 58.0 Å². The summed E-state index contributed by atoms with van der Waals surface area (Å²) < 4.78 is -1.47. The van der Waals surface area contributed by atoms with Gasteiger partial charge in [0.1, 0.15) is 4.33 Å². The zero-order valence-corrected chi connectivity index (χ0v) is 21.3. The second-order valence-corrected chi connectivity index (χ2v) is 10.6. The minimum Gasteiger partial charge on any atom is -0.325 e. The zero-order chi connectivity index (χ0) is 24.3. The van der Waals surface area contributed by atoms with Gasteiger partial charge in [0.25, 0.3) is 5.91 Å². The summed E-state index contributed by atoms with van der Waals surface area (Å²) in [6.07, 6.45) is 0. The number of hydrogen-bond donors (Lipinski definition) is 2. The van der Waals surface area contributed by atoms with E-state index in [1.807, 2.05) is 19.1 Å². The maximum atomic E-state index is 13.2. The summed E-state index contributed by atoms with van der Waals surface area (Å²) in [6, 6.07) is 16.6. The van der Waals surface area contributed by atoms with Crippen LogP contribution in [0, 0.1) is 6.92 Å². The van der Waals surface area contributed by atoms with Gasteiger partial charge in [0.15, 0.2) is 0 Å². The van der Waals surface area contributed by atoms with Gasteiger partial charge in [0.2, 0.25) is 5.91 Å². The molecule has 0 fully saturated rings. The van der Waals surface area contributed by atoms with Crippen LogP contribution < -0.4 is 10.6 Å². The third kappa shape index (κ3) is 6.56. The molecule has 0 aliphatic heterocycles. The largest absolute Gasteiger partial charge is 0.325 e. The minimum absolute atomic E-state index is 0.313. The van der Waals surface area contributed by atoms with Gasteiger partial charge in [-0.3, -0.25) is 9.59 Å². The molecule has 0 heterocycles. The fourth-order valence-electron chi connectivity index (χ4n) is 3.35. The van der Waals surface area contributed by atoms with Gasteiger partial charge in [0, 0.05) is 21.3 Å². The van der Waals surface area contributed by atoms with Crippen molar-refractivity contribution in [2.45, 2.75) is 24.1 Å². The molecule has 2 N–H and O–H groups in total. The molecule has 0 saturated carbocycles. The van der Waals surface area contributed by atoms with Crippen molar-refractivity contribution in [2.24, 2.45) is 0 Å². The highest BCUT2D eigenvalue weighted by Crippen LogP contribution is 2.40. The number of rotatable bonds is 6. The van der Waals surface area contributed by atoms with Gasteiger partial charge in [-0.05, 0) is 67.4 Å². The predicted octanol–water partition coefficient (Wildman–Crippen LogP) is 8.12. The first-order chi connectivity index (χ1) is 15.5. The van der Waals surface area contributed by atoms with E-state index in [9.17, 15) is 9.59 Å². The molecule has 172 valence electrons. The molecule has 9 heteroatoms. The van der Waals surface area contributed by atoms with Crippen LogP contribution in [0.25, 0.3) is 0 Å². The maximum Gasteiger partial charge on any atom is 0.255 e. The van der Waals surface area contributed by atoms with Gasteiger partial charge in [-0.1, -0.05) is 53.0 Å². The first-order valence-corrected chi connectivity index (χ1v) is 11.7. The average Bonchev–Trinajstić information content (AvgIpc) is 2.69. The highest BCUT2D eigenvalue weighted by atomic mass is 35.5. The quantitative estimate of drug-likeness (QED) is 0.308. The molecule has 0 spiro atoms. The number of halogens is 5. The fraction of sp³-hybridized carbons (Fsp3) is 0.167. The van der Waals surface area contributed by atoms with Crippen LogP contribution in [0.5, 0.6) is 0 Å². The monoisotopic (exact) mass is 542 g/mol. The Kier molecular flexibility index (Phi) is 8.20. The van der Waals surface area contributed by atoms with Crippen molar-refractivity contribution in [1.29, 1.82) is 0 Å². The van der Waals surface area contributed by atoms with E-state index in [1.165, 1.54) is 6.92 Å². The third-order valence-corrected chi connectivity index (χ3v) is 6.06. The Morgan fingerprint density at radius 1 is 0.879 bits per heavy atom. The van der Waals surface area contributed by atoms with Gasteiger partial charge in [0.05, 0.1) is 16.6 Å². The smallest absolute Gasteiger partial charge is 0.255 e. The molecular formula is C24H19Cl5N2O2. The molecule has 33 heavy (non-hydrogen) atoms. The topological polar surface area (TPSA) is 58.2 Å². The number of nitrogens with one attached hydrogen (secondary N) is 2. The van der Waals surface area contributed by atoms with Crippen LogP contribution in [-0.4, -0.2) is 16.1 Å². The van der Waals surface area contributed by atoms with Crippen LogP contribution in [0.1, 0.15) is 34.3 Å². The van der Waals surface area contributed by atoms with Crippen molar-refractivity contribution < 1.29 is 9.59 Å². The van der Waals surface area contributed by atoms with Crippen molar-refractivity contribution in [3.05, 3.63) is 92.4 Å². The second-order valence-electron chi connectivity index (χ2n) is 7.55. The second kappa shape index (κ2) is 10.5. The summed E-state index contributed by atoms with van der Waals surface area (Å²) in [7, 11) is 0. The lowest BCUT2D eigenvalue weighted by atomic mass is 9.94. The molecule has 3 rings (SSSR count). The standard InChI is InChI=1S/C24H19Cl5N2O2/c1-13-5-3-4-6-18(13)22(32)31-20-12-17(7-8-19(20)27)30-23(33)21(24(2,28)29)14-9-15(25)11-16(26)10-14/h3-12,21H,1-2H3,(H,30,33)(H,31,32). The molecule has 4 nitrogen and oxygen atoms in total. The van der Waals surface area contributed by atoms with Crippen LogP contribution in [0.15, 0.2) is 60.7 Å². The molecule has 1 atom stereocenters. The number of alkyl halides is 2. The van der Waals surface area contributed by atoms with Crippen molar-refractivity contribution in [3.63, 3.8) is 0 Å². The highest BCUT2D eigenvalue weighted by molar-refractivity contribution is 6.50. The number of anilines is 2. The van der Waals surface area contributed by atoms with E-state index in [0.717, 1.165) is 5.56 Å². The van der Waals surface area contributed by atoms with Crippen molar-refractivity contribution in [3.8, 4) is 0 Å². The summed E-state index contributed by atoms with van der Waals surface area (Å²) in [5, 5.41) is 6.56. The normalized spacial score (nSPS) is 12.2. The van der Waals surface area contributed by atoms with Crippen molar-refractivity contribution >= 4 is 81.2 Å². The first kappa shape index (κ1) is 25.7. The van der Waals surface area contributed by atoms with Crippen LogP contribution >= 0.6 is 58.0 Å². The van der Waals surface area contributed by atoms with Gasteiger partial charge >= 0.3 is 0 Å². The minimum atomic E-state index is -1.47. The number of carbonyl (C=O) groups excluding carboxylic acids is 2. The molecule has 1 unspecified atom stereocenters. The van der Waals surface area contributed by atoms with Crippen molar-refractivity contribution in [1.82, 2.24) is 0 Å². The van der Waals surface area contributed by atoms with E-state index >= 15 is 0 Å². The number of hydrogen-bond acceptors (Lipinski definition) is 2. The van der Waals surface area contributed by atoms with Gasteiger partial charge in [-0.25, -0.2) is 0 Å². The number of aryl methyl sites for hydroxylation is 1. The lowest BCUT2D eigenvalue weighted by Gasteiger charge is -2.26. The number of carbonyl (C=O) groups is 2. The van der Waals surface area contributed by atoms with Crippen LogP contribution in [-0.2, 0) is 4.79 Å². The molecule has 3 aromatic carbocycles. The number of benzene rings is 3. The summed E-state index contributed by atoms with van der Waals surface area (Å²) in [4.78, 5) is 25.9. The lowest BCUT2D eigenvalue weighted by Crippen LogP contribution is -2.32. The first-order valence-electron chi connectivity index (χ1n) is 9.77. The van der Waals surface area contributed by atoms with Crippen LogP contribution in [0.4, 0.5) is 11.4 Å². The zero-order valence-electron chi connectivity index (χ0n) is 17.6. The average molecular weight is 545 g/mol. The summed E-state index contributed by atoms with van der Waals surface area (Å²) in [6.45, 7) is 3.34. The van der Waals surface area contributed by atoms with Gasteiger partial charge in [-0.15, -0.1) is 23.2 Å². The highest BCUT2D eigenvalue weighted by Gasteiger charge is 2.37. The molecule has 0 aromatic heterocycles. The molecule has 0 aliphatic rings. The lowest BCUT2D eigenvalue weighted by molar-refractivity contribution is -0.117. The van der Waals surface area contributed by atoms with E-state index in [1.54, 1.807) is 48.5 Å².